The number of hydrogen-bond donors (Lipinski definition) is 0. The summed E-state index contributed by atoms with van der Waals surface area (Å²) in [7, 11) is 3.26. The Morgan fingerprint density at radius 3 is 1.68 bits per heavy atom. The van der Waals surface area contributed by atoms with E-state index >= 15 is 0 Å². The van der Waals surface area contributed by atoms with Gasteiger partial charge in [0.25, 0.3) is 11.1 Å². The highest BCUT2D eigenvalue weighted by Gasteiger charge is 2.02. The summed E-state index contributed by atoms with van der Waals surface area (Å²) in [4.78, 5) is 24.6. The van der Waals surface area contributed by atoms with Gasteiger partial charge in [-0.1, -0.05) is 18.2 Å². The van der Waals surface area contributed by atoms with Crippen molar-refractivity contribution in [2.45, 2.75) is 0 Å². The molecule has 2 aromatic heterocycles. The smallest absolute Gasteiger partial charge is 0.268 e. The molecule has 0 aliphatic heterocycles. The molecule has 0 spiro atoms. The van der Waals surface area contributed by atoms with Gasteiger partial charge >= 0.3 is 0 Å². The quantitative estimate of drug-likeness (QED) is 0.572. The summed E-state index contributed by atoms with van der Waals surface area (Å²) in [6.07, 6.45) is 6.22. The second-order valence-corrected chi connectivity index (χ2v) is 7.97. The van der Waals surface area contributed by atoms with Gasteiger partial charge in [0, 0.05) is 26.2 Å². The molecule has 0 saturated carbocycles. The lowest BCUT2D eigenvalue weighted by molar-refractivity contribution is 0.857. The molecule has 1 aromatic carbocycles. The maximum Gasteiger partial charge on any atom is 0.268 e. The van der Waals surface area contributed by atoms with Gasteiger partial charge in [-0.2, -0.15) is 10.5 Å². The van der Waals surface area contributed by atoms with E-state index in [0.717, 1.165) is 11.1 Å². The molecule has 0 aliphatic carbocycles. The Morgan fingerprint density at radius 2 is 1.29 bits per heavy atom. The van der Waals surface area contributed by atoms with Gasteiger partial charge in [-0.15, -0.1) is 22.7 Å². The van der Waals surface area contributed by atoms with Gasteiger partial charge in [0.1, 0.15) is 9.33 Å². The van der Waals surface area contributed by atoms with Crippen LogP contribution in [0.5, 0.6) is 0 Å². The Morgan fingerprint density at radius 1 is 0.857 bits per heavy atom. The van der Waals surface area contributed by atoms with Crippen molar-refractivity contribution in [3.05, 3.63) is 74.5 Å². The third-order valence-corrected chi connectivity index (χ3v) is 6.23. The lowest BCUT2D eigenvalue weighted by atomic mass is 10.1. The molecule has 3 rings (SSSR count). The van der Waals surface area contributed by atoms with Crippen LogP contribution in [-0.2, 0) is 14.1 Å². The second kappa shape index (κ2) is 8.05. The van der Waals surface area contributed by atoms with E-state index in [1.54, 1.807) is 26.2 Å². The Labute approximate surface area is 167 Å². The van der Waals surface area contributed by atoms with Crippen molar-refractivity contribution in [1.82, 2.24) is 9.13 Å². The molecule has 28 heavy (non-hydrogen) atoms. The molecule has 2 heterocycles. The SMILES string of the molecule is Cn1c(=O)/c(=C/c2cccc(/C=c3/s/c(=C\C#N)n(C)c3=O)c2)s/c1=C\C#N. The molecule has 0 saturated heterocycles. The maximum absolute atomic E-state index is 12.3. The number of nitrogens with zero attached hydrogens (tertiary/aromatic N) is 4. The third kappa shape index (κ3) is 3.79. The Bertz CT molecular complexity index is 1390. The van der Waals surface area contributed by atoms with Crippen molar-refractivity contribution in [2.75, 3.05) is 0 Å². The molecule has 0 bridgehead atoms. The summed E-state index contributed by atoms with van der Waals surface area (Å²) >= 11 is 2.50. The highest BCUT2D eigenvalue weighted by Crippen LogP contribution is 2.06. The van der Waals surface area contributed by atoms with Crippen molar-refractivity contribution in [1.29, 1.82) is 10.5 Å². The number of nitriles is 2. The standard InChI is InChI=1S/C20H14N4O2S2/c1-23-17(6-8-21)27-15(19(23)25)11-13-4-3-5-14(10-13)12-16-20(26)24(2)18(28-16)7-9-22/h3-7,10-12H,1-2H3/b15-11-,16-12+,17-6-,18-7-. The first-order valence-electron chi connectivity index (χ1n) is 8.09. The fourth-order valence-electron chi connectivity index (χ4n) is 2.57. The van der Waals surface area contributed by atoms with Gasteiger partial charge in [-0.05, 0) is 29.3 Å². The van der Waals surface area contributed by atoms with Gasteiger partial charge < -0.3 is 9.13 Å². The largest absolute Gasteiger partial charge is 0.301 e. The predicted octanol–water partition coefficient (Wildman–Crippen LogP) is -0.527. The van der Waals surface area contributed by atoms with Crippen LogP contribution in [0.3, 0.4) is 0 Å². The van der Waals surface area contributed by atoms with Crippen LogP contribution in [-0.4, -0.2) is 9.13 Å². The van der Waals surface area contributed by atoms with Crippen LogP contribution in [0.4, 0.5) is 0 Å². The zero-order valence-electron chi connectivity index (χ0n) is 15.0. The molecular formula is C20H14N4O2S2. The van der Waals surface area contributed by atoms with Gasteiger partial charge in [-0.3, -0.25) is 9.59 Å². The summed E-state index contributed by atoms with van der Waals surface area (Å²) in [6, 6.07) is 11.3. The Balaban J connectivity index is 2.14. The van der Waals surface area contributed by atoms with Crippen LogP contribution in [0.15, 0.2) is 33.9 Å². The van der Waals surface area contributed by atoms with Crippen molar-refractivity contribution >= 4 is 47.0 Å². The highest BCUT2D eigenvalue weighted by atomic mass is 32.1. The molecule has 0 unspecified atom stereocenters. The predicted molar refractivity (Wildman–Crippen MR) is 111 cm³/mol. The molecule has 0 radical (unpaired) electrons. The van der Waals surface area contributed by atoms with Crippen LogP contribution in [0.1, 0.15) is 11.1 Å². The molecular weight excluding hydrogens is 392 g/mol. The van der Waals surface area contributed by atoms with Gasteiger partial charge in [0.05, 0.1) is 21.2 Å². The zero-order valence-corrected chi connectivity index (χ0v) is 16.7. The van der Waals surface area contributed by atoms with E-state index in [-0.39, 0.29) is 11.1 Å². The molecule has 6 nitrogen and oxygen atoms in total. The topological polar surface area (TPSA) is 91.6 Å². The summed E-state index contributed by atoms with van der Waals surface area (Å²) in [5, 5.41) is 17.6. The summed E-state index contributed by atoms with van der Waals surface area (Å²) < 4.78 is 5.11. The average molecular weight is 406 g/mol. The number of hydrogen-bond acceptors (Lipinski definition) is 6. The number of benzene rings is 1. The van der Waals surface area contributed by atoms with Crippen LogP contribution in [0.25, 0.3) is 24.3 Å². The minimum Gasteiger partial charge on any atom is -0.301 e. The molecule has 0 amide bonds. The zero-order chi connectivity index (χ0) is 20.3. The highest BCUT2D eigenvalue weighted by molar-refractivity contribution is 7.07. The number of rotatable bonds is 2. The summed E-state index contributed by atoms with van der Waals surface area (Å²) in [5.41, 5.74) is 1.30. The van der Waals surface area contributed by atoms with Crippen LogP contribution in [0.2, 0.25) is 0 Å². The first kappa shape index (κ1) is 19.3. The summed E-state index contributed by atoms with van der Waals surface area (Å²) in [6.45, 7) is 0. The van der Waals surface area contributed by atoms with Crippen LogP contribution >= 0.6 is 22.7 Å². The van der Waals surface area contributed by atoms with Gasteiger partial charge in [0.2, 0.25) is 0 Å². The minimum absolute atomic E-state index is 0.162. The van der Waals surface area contributed by atoms with Gasteiger partial charge in [0.15, 0.2) is 0 Å². The first-order valence-corrected chi connectivity index (χ1v) is 9.72. The molecule has 0 N–H and O–H groups in total. The van der Waals surface area contributed by atoms with E-state index in [0.29, 0.717) is 18.4 Å². The van der Waals surface area contributed by atoms with E-state index in [1.165, 1.54) is 44.0 Å². The third-order valence-electron chi connectivity index (χ3n) is 4.00. The fraction of sp³-hybridized carbons (Fsp3) is 0.100. The molecule has 0 fully saturated rings. The minimum atomic E-state index is -0.162. The molecule has 0 aliphatic rings. The average Bonchev–Trinajstić information content (AvgIpc) is 3.08. The van der Waals surface area contributed by atoms with Crippen molar-refractivity contribution < 1.29 is 0 Å². The number of aromatic nitrogens is 2. The van der Waals surface area contributed by atoms with Crippen LogP contribution < -0.4 is 29.5 Å². The molecule has 0 atom stereocenters. The van der Waals surface area contributed by atoms with Gasteiger partial charge in [-0.25, -0.2) is 0 Å². The Kier molecular flexibility index (Phi) is 5.55. The van der Waals surface area contributed by atoms with E-state index in [9.17, 15) is 9.59 Å². The second-order valence-electron chi connectivity index (χ2n) is 5.84. The van der Waals surface area contributed by atoms with E-state index in [2.05, 4.69) is 0 Å². The van der Waals surface area contributed by atoms with Crippen LogP contribution in [0, 0.1) is 22.7 Å². The lowest BCUT2D eigenvalue weighted by Crippen LogP contribution is -2.28. The fourth-order valence-corrected chi connectivity index (χ4v) is 4.52. The van der Waals surface area contributed by atoms with Crippen molar-refractivity contribution in [3.63, 3.8) is 0 Å². The molecule has 138 valence electrons. The summed E-state index contributed by atoms with van der Waals surface area (Å²) in [5.74, 6) is 0. The molecule has 8 heteroatoms. The monoisotopic (exact) mass is 406 g/mol. The van der Waals surface area contributed by atoms with E-state index < -0.39 is 0 Å². The molecule has 3 aromatic rings. The Hall–Kier alpha value is -3.46. The van der Waals surface area contributed by atoms with E-state index in [4.69, 9.17) is 10.5 Å². The normalized spacial score (nSPS) is 13.7. The number of thiazole rings is 2. The van der Waals surface area contributed by atoms with Crippen molar-refractivity contribution in [2.24, 2.45) is 14.1 Å². The van der Waals surface area contributed by atoms with E-state index in [1.807, 2.05) is 36.4 Å². The lowest BCUT2D eigenvalue weighted by Gasteiger charge is -1.95. The first-order chi connectivity index (χ1) is 13.4. The van der Waals surface area contributed by atoms with Crippen molar-refractivity contribution in [3.8, 4) is 12.1 Å². The maximum atomic E-state index is 12.3.